The van der Waals surface area contributed by atoms with Gasteiger partial charge in [-0.25, -0.2) is 0 Å². The van der Waals surface area contributed by atoms with Crippen molar-refractivity contribution in [3.8, 4) is 0 Å². The number of rotatable bonds is 4. The molecule has 1 atom stereocenters. The minimum absolute atomic E-state index is 0.827. The standard InChI is InChI=1S/C14H21ClN2/c1-17(14-7-3-2-6-13(14)15)10-8-12-5-4-9-16-11-12/h2-3,6-7,12,16H,4-5,8-11H2,1H3. The molecule has 0 saturated carbocycles. The van der Waals surface area contributed by atoms with E-state index in [0.29, 0.717) is 0 Å². The summed E-state index contributed by atoms with van der Waals surface area (Å²) in [5, 5.41) is 4.31. The minimum Gasteiger partial charge on any atom is -0.373 e. The van der Waals surface area contributed by atoms with Crippen molar-refractivity contribution in [2.45, 2.75) is 19.3 Å². The normalized spacial score (nSPS) is 20.2. The van der Waals surface area contributed by atoms with Crippen LogP contribution in [0.2, 0.25) is 5.02 Å². The molecule has 0 aromatic heterocycles. The van der Waals surface area contributed by atoms with Crippen LogP contribution in [0.3, 0.4) is 0 Å². The Bertz CT molecular complexity index is 348. The molecule has 0 radical (unpaired) electrons. The van der Waals surface area contributed by atoms with Crippen LogP contribution >= 0.6 is 11.6 Å². The van der Waals surface area contributed by atoms with Crippen molar-refractivity contribution in [3.05, 3.63) is 29.3 Å². The summed E-state index contributed by atoms with van der Waals surface area (Å²) >= 11 is 6.19. The molecule has 1 saturated heterocycles. The lowest BCUT2D eigenvalue weighted by Gasteiger charge is -2.26. The van der Waals surface area contributed by atoms with E-state index in [4.69, 9.17) is 11.6 Å². The van der Waals surface area contributed by atoms with Gasteiger partial charge in [0.15, 0.2) is 0 Å². The molecule has 0 bridgehead atoms. The minimum atomic E-state index is 0.827. The summed E-state index contributed by atoms with van der Waals surface area (Å²) in [4.78, 5) is 2.26. The van der Waals surface area contributed by atoms with E-state index in [2.05, 4.69) is 23.3 Å². The van der Waals surface area contributed by atoms with Crippen LogP contribution < -0.4 is 10.2 Å². The fourth-order valence-corrected chi connectivity index (χ4v) is 2.71. The van der Waals surface area contributed by atoms with Gasteiger partial charge in [0.05, 0.1) is 10.7 Å². The molecule has 0 spiro atoms. The van der Waals surface area contributed by atoms with E-state index in [1.807, 2.05) is 18.2 Å². The molecule has 2 rings (SSSR count). The Morgan fingerprint density at radius 1 is 1.41 bits per heavy atom. The number of nitrogens with zero attached hydrogens (tertiary/aromatic N) is 1. The van der Waals surface area contributed by atoms with Crippen LogP contribution in [0.4, 0.5) is 5.69 Å². The molecule has 2 nitrogen and oxygen atoms in total. The van der Waals surface area contributed by atoms with Crippen LogP contribution in [0.25, 0.3) is 0 Å². The van der Waals surface area contributed by atoms with Gasteiger partial charge in [0.25, 0.3) is 0 Å². The molecule has 94 valence electrons. The Morgan fingerprint density at radius 2 is 2.24 bits per heavy atom. The van der Waals surface area contributed by atoms with Gasteiger partial charge in [-0.05, 0) is 50.4 Å². The maximum atomic E-state index is 6.19. The molecule has 1 N–H and O–H groups in total. The Kier molecular flexibility index (Phi) is 4.69. The zero-order chi connectivity index (χ0) is 12.1. The quantitative estimate of drug-likeness (QED) is 0.886. The van der Waals surface area contributed by atoms with Crippen LogP contribution in [-0.4, -0.2) is 26.7 Å². The second-order valence-corrected chi connectivity index (χ2v) is 5.28. The number of benzene rings is 1. The maximum Gasteiger partial charge on any atom is 0.0639 e. The van der Waals surface area contributed by atoms with Crippen molar-refractivity contribution in [2.75, 3.05) is 31.6 Å². The largest absolute Gasteiger partial charge is 0.373 e. The lowest BCUT2D eigenvalue weighted by atomic mass is 9.96. The van der Waals surface area contributed by atoms with Crippen LogP contribution in [0.15, 0.2) is 24.3 Å². The molecule has 1 aliphatic heterocycles. The average Bonchev–Trinajstić information content (AvgIpc) is 2.38. The summed E-state index contributed by atoms with van der Waals surface area (Å²) in [7, 11) is 2.12. The molecule has 1 heterocycles. The fraction of sp³-hybridized carbons (Fsp3) is 0.571. The van der Waals surface area contributed by atoms with Crippen LogP contribution in [0, 0.1) is 5.92 Å². The smallest absolute Gasteiger partial charge is 0.0639 e. The monoisotopic (exact) mass is 252 g/mol. The Hall–Kier alpha value is -0.730. The van der Waals surface area contributed by atoms with Crippen molar-refractivity contribution >= 4 is 17.3 Å². The summed E-state index contributed by atoms with van der Waals surface area (Å²) in [6.45, 7) is 3.45. The summed E-state index contributed by atoms with van der Waals surface area (Å²) < 4.78 is 0. The first-order chi connectivity index (χ1) is 8.27. The zero-order valence-electron chi connectivity index (χ0n) is 10.5. The van der Waals surface area contributed by atoms with Gasteiger partial charge >= 0.3 is 0 Å². The lowest BCUT2D eigenvalue weighted by Crippen LogP contribution is -2.32. The molecular formula is C14H21ClN2. The summed E-state index contributed by atoms with van der Waals surface area (Å²) in [5.41, 5.74) is 1.14. The van der Waals surface area contributed by atoms with Crippen molar-refractivity contribution < 1.29 is 0 Å². The van der Waals surface area contributed by atoms with E-state index < -0.39 is 0 Å². The molecule has 17 heavy (non-hydrogen) atoms. The molecule has 1 aromatic carbocycles. The molecule has 0 aliphatic carbocycles. The molecule has 1 unspecified atom stereocenters. The first kappa shape index (κ1) is 12.7. The average molecular weight is 253 g/mol. The maximum absolute atomic E-state index is 6.19. The highest BCUT2D eigenvalue weighted by Crippen LogP contribution is 2.25. The number of anilines is 1. The second-order valence-electron chi connectivity index (χ2n) is 4.87. The summed E-state index contributed by atoms with van der Waals surface area (Å²) in [5.74, 6) is 0.827. The summed E-state index contributed by atoms with van der Waals surface area (Å²) in [6.07, 6.45) is 3.93. The van der Waals surface area contributed by atoms with Crippen molar-refractivity contribution in [3.63, 3.8) is 0 Å². The third-order valence-corrected chi connectivity index (χ3v) is 3.86. The number of halogens is 1. The van der Waals surface area contributed by atoms with Crippen molar-refractivity contribution in [1.29, 1.82) is 0 Å². The van der Waals surface area contributed by atoms with Gasteiger partial charge < -0.3 is 10.2 Å². The molecular weight excluding hydrogens is 232 g/mol. The molecule has 3 heteroatoms. The highest BCUT2D eigenvalue weighted by Gasteiger charge is 2.14. The third-order valence-electron chi connectivity index (χ3n) is 3.54. The van der Waals surface area contributed by atoms with Crippen LogP contribution in [0.1, 0.15) is 19.3 Å². The van der Waals surface area contributed by atoms with Gasteiger partial charge in [-0.3, -0.25) is 0 Å². The first-order valence-electron chi connectivity index (χ1n) is 6.44. The molecule has 1 aromatic rings. The van der Waals surface area contributed by atoms with Gasteiger partial charge in [-0.15, -0.1) is 0 Å². The number of piperidine rings is 1. The highest BCUT2D eigenvalue weighted by molar-refractivity contribution is 6.33. The molecule has 1 aliphatic rings. The topological polar surface area (TPSA) is 15.3 Å². The molecule has 1 fully saturated rings. The summed E-state index contributed by atoms with van der Waals surface area (Å²) in [6, 6.07) is 8.06. The predicted octanol–water partition coefficient (Wildman–Crippen LogP) is 3.17. The lowest BCUT2D eigenvalue weighted by molar-refractivity contribution is 0.360. The van der Waals surface area contributed by atoms with E-state index in [-0.39, 0.29) is 0 Å². The molecule has 0 amide bonds. The number of hydrogen-bond donors (Lipinski definition) is 1. The number of nitrogens with one attached hydrogen (secondary N) is 1. The van der Waals surface area contributed by atoms with Crippen molar-refractivity contribution in [1.82, 2.24) is 5.32 Å². The van der Waals surface area contributed by atoms with E-state index in [1.54, 1.807) is 0 Å². The van der Waals surface area contributed by atoms with E-state index in [1.165, 1.54) is 32.4 Å². The predicted molar refractivity (Wildman–Crippen MR) is 74.9 cm³/mol. The Morgan fingerprint density at radius 3 is 2.94 bits per heavy atom. The van der Waals surface area contributed by atoms with E-state index >= 15 is 0 Å². The van der Waals surface area contributed by atoms with Gasteiger partial charge in [0.2, 0.25) is 0 Å². The van der Waals surface area contributed by atoms with E-state index in [0.717, 1.165) is 23.2 Å². The third kappa shape index (κ3) is 3.62. The van der Waals surface area contributed by atoms with Gasteiger partial charge in [-0.2, -0.15) is 0 Å². The van der Waals surface area contributed by atoms with Crippen molar-refractivity contribution in [2.24, 2.45) is 5.92 Å². The Labute approximate surface area is 109 Å². The first-order valence-corrected chi connectivity index (χ1v) is 6.81. The Balaban J connectivity index is 1.84. The van der Waals surface area contributed by atoms with Crippen LogP contribution in [0.5, 0.6) is 0 Å². The van der Waals surface area contributed by atoms with Crippen LogP contribution in [-0.2, 0) is 0 Å². The second kappa shape index (κ2) is 6.27. The number of hydrogen-bond acceptors (Lipinski definition) is 2. The highest BCUT2D eigenvalue weighted by atomic mass is 35.5. The van der Waals surface area contributed by atoms with Gasteiger partial charge in [0.1, 0.15) is 0 Å². The number of para-hydroxylation sites is 1. The van der Waals surface area contributed by atoms with Gasteiger partial charge in [-0.1, -0.05) is 23.7 Å². The SMILES string of the molecule is CN(CCC1CCCNC1)c1ccccc1Cl. The van der Waals surface area contributed by atoms with Gasteiger partial charge in [0, 0.05) is 13.6 Å². The van der Waals surface area contributed by atoms with E-state index in [9.17, 15) is 0 Å². The zero-order valence-corrected chi connectivity index (χ0v) is 11.2. The fourth-order valence-electron chi connectivity index (χ4n) is 2.43.